The highest BCUT2D eigenvalue weighted by Gasteiger charge is 2.56. The molecule has 0 spiro atoms. The summed E-state index contributed by atoms with van der Waals surface area (Å²) in [6.07, 6.45) is 0.748. The van der Waals surface area contributed by atoms with E-state index in [1.807, 2.05) is 19.1 Å². The van der Waals surface area contributed by atoms with Crippen LogP contribution in [0.15, 0.2) is 42.5 Å². The summed E-state index contributed by atoms with van der Waals surface area (Å²) < 4.78 is 89.4. The number of allylic oxidation sites excluding steroid dienone is 2. The third-order valence-electron chi connectivity index (χ3n) is 8.26. The highest BCUT2D eigenvalue weighted by molar-refractivity contribution is 7.84. The van der Waals surface area contributed by atoms with Crippen molar-refractivity contribution in [3.05, 3.63) is 65.0 Å². The van der Waals surface area contributed by atoms with E-state index in [-0.39, 0.29) is 17.3 Å². The highest BCUT2D eigenvalue weighted by Crippen LogP contribution is 2.38. The van der Waals surface area contributed by atoms with Gasteiger partial charge in [-0.05, 0) is 123 Å². The van der Waals surface area contributed by atoms with Crippen LogP contribution in [-0.2, 0) is 10.8 Å². The van der Waals surface area contributed by atoms with Crippen molar-refractivity contribution in [2.75, 3.05) is 24.6 Å². The maximum absolute atomic E-state index is 14.1. The zero-order valence-corrected chi connectivity index (χ0v) is 25.8. The molecule has 2 atom stereocenters. The highest BCUT2D eigenvalue weighted by atomic mass is 32.2. The molecule has 0 saturated carbocycles. The van der Waals surface area contributed by atoms with Crippen molar-refractivity contribution in [3.8, 4) is 5.75 Å². The number of hydrogen-bond acceptors (Lipinski definition) is 3. The smallest absolute Gasteiger partial charge is 0.453 e. The molecule has 1 aliphatic rings. The Morgan fingerprint density at radius 2 is 1.77 bits per heavy atom. The van der Waals surface area contributed by atoms with Gasteiger partial charge in [0.05, 0.1) is 0 Å². The summed E-state index contributed by atoms with van der Waals surface area (Å²) >= 11 is 0. The summed E-state index contributed by atoms with van der Waals surface area (Å²) in [5.74, 6) is -5.39. The molecule has 1 fully saturated rings. The largest absolute Gasteiger partial charge is 0.508 e. The van der Waals surface area contributed by atoms with Gasteiger partial charge in [-0.1, -0.05) is 31.5 Å². The molecule has 3 nitrogen and oxygen atoms in total. The summed E-state index contributed by atoms with van der Waals surface area (Å²) in [7, 11) is -1.70. The van der Waals surface area contributed by atoms with Crippen LogP contribution in [0.2, 0.25) is 0 Å². The van der Waals surface area contributed by atoms with Gasteiger partial charge in [0.25, 0.3) is 0 Å². The Kier molecular flexibility index (Phi) is 13.2. The van der Waals surface area contributed by atoms with Crippen LogP contribution in [0.1, 0.15) is 87.8 Å². The first kappa shape index (κ1) is 35.2. The average Bonchev–Trinajstić information content (AvgIpc) is 3.38. The Labute approximate surface area is 253 Å². The quantitative estimate of drug-likeness (QED) is 0.114. The average molecular weight is 632 g/mol. The monoisotopic (exact) mass is 631 g/mol. The van der Waals surface area contributed by atoms with Crippen molar-refractivity contribution in [2.45, 2.75) is 96.2 Å². The molecule has 2 aromatic rings. The van der Waals surface area contributed by atoms with E-state index in [1.54, 1.807) is 24.3 Å². The standard InChI is InChI=1S/C33H43F6NO2S/c1-3-29(25-10-7-11-26(34)23-25)31(30-16-15-28(41)22-24(30)2)14-5-4-6-18-40-19-8-12-27(40)13-9-20-43(42)21-17-32(35,36)33(37,38)39/h7,10-11,15-16,22-23,27,41H,3-6,8-9,12-14,17-21H2,1-2H3/b31-29+. The van der Waals surface area contributed by atoms with E-state index in [4.69, 9.17) is 0 Å². The normalized spacial score (nSPS) is 17.7. The third-order valence-corrected chi connectivity index (χ3v) is 9.67. The van der Waals surface area contributed by atoms with Gasteiger partial charge in [0.1, 0.15) is 11.6 Å². The van der Waals surface area contributed by atoms with Crippen LogP contribution in [0.25, 0.3) is 11.1 Å². The molecule has 0 radical (unpaired) electrons. The zero-order chi connectivity index (χ0) is 31.6. The molecule has 240 valence electrons. The Morgan fingerprint density at radius 1 is 1.00 bits per heavy atom. The number of benzene rings is 2. The number of nitrogens with zero attached hydrogens (tertiary/aromatic N) is 1. The molecule has 2 unspecified atom stereocenters. The van der Waals surface area contributed by atoms with Gasteiger partial charge in [-0.2, -0.15) is 22.0 Å². The topological polar surface area (TPSA) is 40.5 Å². The molecule has 43 heavy (non-hydrogen) atoms. The lowest BCUT2D eigenvalue weighted by Crippen LogP contribution is -2.37. The lowest BCUT2D eigenvalue weighted by atomic mass is 9.87. The fraction of sp³-hybridized carbons (Fsp3) is 0.576. The lowest BCUT2D eigenvalue weighted by Gasteiger charge is -2.24. The molecule has 0 aromatic heterocycles. The molecular weight excluding hydrogens is 588 g/mol. The maximum atomic E-state index is 14.1. The Morgan fingerprint density at radius 3 is 2.44 bits per heavy atom. The number of aryl methyl sites for hydroxylation is 1. The number of likely N-dealkylation sites (tertiary alicyclic amines) is 1. The van der Waals surface area contributed by atoms with Crippen LogP contribution < -0.4 is 0 Å². The van der Waals surface area contributed by atoms with E-state index in [0.29, 0.717) is 12.5 Å². The van der Waals surface area contributed by atoms with Crippen molar-refractivity contribution in [3.63, 3.8) is 0 Å². The summed E-state index contributed by atoms with van der Waals surface area (Å²) in [5, 5.41) is 9.95. The van der Waals surface area contributed by atoms with Crippen LogP contribution >= 0.6 is 0 Å². The van der Waals surface area contributed by atoms with E-state index in [9.17, 15) is 35.7 Å². The number of rotatable bonds is 16. The van der Waals surface area contributed by atoms with Gasteiger partial charge in [-0.25, -0.2) is 4.39 Å². The van der Waals surface area contributed by atoms with Crippen LogP contribution in [0.3, 0.4) is 0 Å². The molecule has 1 N–H and O–H groups in total. The Bertz CT molecular complexity index is 1250. The first-order valence-electron chi connectivity index (χ1n) is 15.1. The van der Waals surface area contributed by atoms with Gasteiger partial charge in [-0.15, -0.1) is 0 Å². The molecule has 3 rings (SSSR count). The van der Waals surface area contributed by atoms with Crippen molar-refractivity contribution in [1.29, 1.82) is 0 Å². The lowest BCUT2D eigenvalue weighted by molar-refractivity contribution is -0.282. The van der Waals surface area contributed by atoms with E-state index in [0.717, 1.165) is 92.3 Å². The van der Waals surface area contributed by atoms with Crippen molar-refractivity contribution in [2.24, 2.45) is 0 Å². The molecule has 0 bridgehead atoms. The van der Waals surface area contributed by atoms with Gasteiger partial charge in [0, 0.05) is 34.8 Å². The Hall–Kier alpha value is -2.33. The SMILES string of the molecule is CC/C(=C(/CCCCCN1CCCC1CCCS(=O)CCC(F)(F)C(F)(F)F)c1ccc(O)cc1C)c1cccc(F)c1. The van der Waals surface area contributed by atoms with Crippen molar-refractivity contribution in [1.82, 2.24) is 4.90 Å². The molecule has 1 aliphatic heterocycles. The predicted molar refractivity (Wildman–Crippen MR) is 162 cm³/mol. The molecule has 0 amide bonds. The molecule has 1 heterocycles. The third kappa shape index (κ3) is 10.4. The minimum atomic E-state index is -5.61. The number of phenolic OH excluding ortho intramolecular Hbond substituents is 1. The van der Waals surface area contributed by atoms with Crippen LogP contribution in [-0.4, -0.2) is 57.0 Å². The second-order valence-electron chi connectivity index (χ2n) is 11.4. The zero-order valence-electron chi connectivity index (χ0n) is 25.0. The van der Waals surface area contributed by atoms with Crippen LogP contribution in [0.5, 0.6) is 5.75 Å². The van der Waals surface area contributed by atoms with Crippen LogP contribution in [0, 0.1) is 12.7 Å². The van der Waals surface area contributed by atoms with Gasteiger partial charge in [0.15, 0.2) is 0 Å². The van der Waals surface area contributed by atoms with E-state index in [1.165, 1.54) is 6.07 Å². The molecule has 10 heteroatoms. The Balaban J connectivity index is 1.51. The van der Waals surface area contributed by atoms with E-state index >= 15 is 0 Å². The van der Waals surface area contributed by atoms with E-state index < -0.39 is 35.1 Å². The predicted octanol–water partition coefficient (Wildman–Crippen LogP) is 9.30. The second kappa shape index (κ2) is 16.1. The van der Waals surface area contributed by atoms with Gasteiger partial charge >= 0.3 is 12.1 Å². The molecule has 2 aromatic carbocycles. The maximum Gasteiger partial charge on any atom is 0.453 e. The van der Waals surface area contributed by atoms with Crippen molar-refractivity contribution >= 4 is 21.9 Å². The number of halogens is 6. The van der Waals surface area contributed by atoms with Crippen molar-refractivity contribution < 1.29 is 35.7 Å². The first-order valence-corrected chi connectivity index (χ1v) is 16.6. The van der Waals surface area contributed by atoms with Gasteiger partial charge < -0.3 is 10.0 Å². The number of aromatic hydroxyl groups is 1. The number of alkyl halides is 5. The summed E-state index contributed by atoms with van der Waals surface area (Å²) in [4.78, 5) is 2.41. The second-order valence-corrected chi connectivity index (χ2v) is 13.1. The van der Waals surface area contributed by atoms with Gasteiger partial charge in [0.2, 0.25) is 0 Å². The van der Waals surface area contributed by atoms with Crippen LogP contribution in [0.4, 0.5) is 26.3 Å². The van der Waals surface area contributed by atoms with Gasteiger partial charge in [-0.3, -0.25) is 4.21 Å². The number of phenols is 1. The fourth-order valence-corrected chi connectivity index (χ4v) is 7.15. The molecule has 1 saturated heterocycles. The first-order chi connectivity index (χ1) is 20.3. The number of hydrogen-bond donors (Lipinski definition) is 1. The van der Waals surface area contributed by atoms with E-state index in [2.05, 4.69) is 11.8 Å². The fourth-order valence-electron chi connectivity index (χ4n) is 5.98. The minimum Gasteiger partial charge on any atom is -0.508 e. The number of unbranched alkanes of at least 4 members (excludes halogenated alkanes) is 2. The molecular formula is C33H43F6NO2S. The summed E-state index contributed by atoms with van der Waals surface area (Å²) in [6, 6.07) is 12.3. The minimum absolute atomic E-state index is 0.134. The summed E-state index contributed by atoms with van der Waals surface area (Å²) in [5.41, 5.74) is 5.13. The summed E-state index contributed by atoms with van der Waals surface area (Å²) in [6.45, 7) is 5.90. The molecule has 0 aliphatic carbocycles.